The van der Waals surface area contributed by atoms with E-state index in [0.717, 1.165) is 36.5 Å². The first-order valence-electron chi connectivity index (χ1n) is 6.97. The number of aromatic nitrogens is 2. The summed E-state index contributed by atoms with van der Waals surface area (Å²) >= 11 is 0. The highest BCUT2D eigenvalue weighted by Crippen LogP contribution is 2.23. The van der Waals surface area contributed by atoms with Crippen LogP contribution in [0.3, 0.4) is 0 Å². The number of nitrogens with zero attached hydrogens (tertiary/aromatic N) is 2. The molecule has 0 aliphatic heterocycles. The number of benzene rings is 1. The molecule has 0 atom stereocenters. The third-order valence-electron chi connectivity index (χ3n) is 2.97. The van der Waals surface area contributed by atoms with Crippen molar-refractivity contribution in [2.75, 3.05) is 6.54 Å². The molecule has 0 aliphatic carbocycles. The van der Waals surface area contributed by atoms with Crippen molar-refractivity contribution in [3.63, 3.8) is 0 Å². The van der Waals surface area contributed by atoms with E-state index in [0.29, 0.717) is 5.88 Å². The molecule has 0 spiro atoms. The smallest absolute Gasteiger partial charge is 0.238 e. The Morgan fingerprint density at radius 3 is 2.60 bits per heavy atom. The van der Waals surface area contributed by atoms with E-state index in [1.54, 1.807) is 0 Å². The largest absolute Gasteiger partial charge is 0.437 e. The van der Waals surface area contributed by atoms with Crippen molar-refractivity contribution >= 4 is 0 Å². The summed E-state index contributed by atoms with van der Waals surface area (Å²) < 4.78 is 5.75. The molecule has 2 aromatic rings. The minimum Gasteiger partial charge on any atom is -0.437 e. The molecule has 0 saturated heterocycles. The molecular formula is C16H21N3O. The van der Waals surface area contributed by atoms with E-state index in [9.17, 15) is 0 Å². The van der Waals surface area contributed by atoms with Gasteiger partial charge in [0.2, 0.25) is 5.88 Å². The zero-order valence-corrected chi connectivity index (χ0v) is 12.3. The molecule has 1 heterocycles. The van der Waals surface area contributed by atoms with Gasteiger partial charge in [-0.1, -0.05) is 24.6 Å². The summed E-state index contributed by atoms with van der Waals surface area (Å²) in [4.78, 5) is 0. The van der Waals surface area contributed by atoms with Crippen LogP contribution in [0.1, 0.15) is 30.2 Å². The van der Waals surface area contributed by atoms with Crippen LogP contribution in [0.15, 0.2) is 30.3 Å². The lowest BCUT2D eigenvalue weighted by Gasteiger charge is -2.08. The standard InChI is InChI=1S/C16H21N3O/c1-4-9-17-11-14-6-8-16(19-18-14)20-15-7-5-12(2)10-13(15)3/h5-8,10,17H,4,9,11H2,1-3H3. The molecule has 1 aromatic heterocycles. The average Bonchev–Trinajstić information content (AvgIpc) is 2.44. The SMILES string of the molecule is CCCNCc1ccc(Oc2ccc(C)cc2C)nn1. The summed E-state index contributed by atoms with van der Waals surface area (Å²) in [7, 11) is 0. The van der Waals surface area contributed by atoms with Gasteiger partial charge in [-0.3, -0.25) is 0 Å². The first-order valence-corrected chi connectivity index (χ1v) is 6.97. The van der Waals surface area contributed by atoms with Gasteiger partial charge in [-0.15, -0.1) is 5.10 Å². The number of hydrogen-bond acceptors (Lipinski definition) is 4. The topological polar surface area (TPSA) is 47.0 Å². The molecule has 4 heteroatoms. The Hall–Kier alpha value is -1.94. The van der Waals surface area contributed by atoms with Gasteiger partial charge in [0.1, 0.15) is 5.75 Å². The summed E-state index contributed by atoms with van der Waals surface area (Å²) in [5, 5.41) is 11.6. The van der Waals surface area contributed by atoms with Crippen LogP contribution >= 0.6 is 0 Å². The number of hydrogen-bond donors (Lipinski definition) is 1. The maximum Gasteiger partial charge on any atom is 0.238 e. The lowest BCUT2D eigenvalue weighted by atomic mass is 10.1. The fraction of sp³-hybridized carbons (Fsp3) is 0.375. The number of nitrogens with one attached hydrogen (secondary N) is 1. The maximum absolute atomic E-state index is 5.75. The van der Waals surface area contributed by atoms with E-state index >= 15 is 0 Å². The average molecular weight is 271 g/mol. The molecule has 106 valence electrons. The molecule has 0 fully saturated rings. The van der Waals surface area contributed by atoms with Crippen molar-refractivity contribution < 1.29 is 4.74 Å². The molecule has 0 unspecified atom stereocenters. The highest BCUT2D eigenvalue weighted by Gasteiger charge is 2.03. The lowest BCUT2D eigenvalue weighted by molar-refractivity contribution is 0.449. The zero-order chi connectivity index (χ0) is 14.4. The number of rotatable bonds is 6. The maximum atomic E-state index is 5.75. The van der Waals surface area contributed by atoms with Crippen molar-refractivity contribution in [3.8, 4) is 11.6 Å². The van der Waals surface area contributed by atoms with Crippen molar-refractivity contribution in [2.24, 2.45) is 0 Å². The van der Waals surface area contributed by atoms with Gasteiger partial charge in [-0.05, 0) is 44.5 Å². The van der Waals surface area contributed by atoms with Gasteiger partial charge in [0, 0.05) is 12.6 Å². The van der Waals surface area contributed by atoms with Crippen LogP contribution in [-0.4, -0.2) is 16.7 Å². The van der Waals surface area contributed by atoms with Gasteiger partial charge in [0.05, 0.1) is 5.69 Å². The molecule has 4 nitrogen and oxygen atoms in total. The number of ether oxygens (including phenoxy) is 1. The van der Waals surface area contributed by atoms with Gasteiger partial charge in [-0.25, -0.2) is 0 Å². The Balaban J connectivity index is 1.99. The van der Waals surface area contributed by atoms with Crippen LogP contribution < -0.4 is 10.1 Å². The van der Waals surface area contributed by atoms with Crippen molar-refractivity contribution in [3.05, 3.63) is 47.2 Å². The highest BCUT2D eigenvalue weighted by molar-refractivity contribution is 5.37. The molecule has 0 aliphatic rings. The Morgan fingerprint density at radius 1 is 1.10 bits per heavy atom. The van der Waals surface area contributed by atoms with Crippen LogP contribution in [0.25, 0.3) is 0 Å². The van der Waals surface area contributed by atoms with E-state index in [2.05, 4.69) is 35.4 Å². The normalized spacial score (nSPS) is 10.6. The highest BCUT2D eigenvalue weighted by atomic mass is 16.5. The third kappa shape index (κ3) is 4.03. The first kappa shape index (κ1) is 14.5. The second kappa shape index (κ2) is 7.01. The summed E-state index contributed by atoms with van der Waals surface area (Å²) in [5.74, 6) is 1.35. The molecule has 0 bridgehead atoms. The zero-order valence-electron chi connectivity index (χ0n) is 12.3. The first-order chi connectivity index (χ1) is 9.69. The second-order valence-electron chi connectivity index (χ2n) is 4.91. The minimum atomic E-state index is 0.524. The third-order valence-corrected chi connectivity index (χ3v) is 2.97. The van der Waals surface area contributed by atoms with Gasteiger partial charge < -0.3 is 10.1 Å². The van der Waals surface area contributed by atoms with Crippen LogP contribution in [0.2, 0.25) is 0 Å². The molecule has 0 saturated carbocycles. The summed E-state index contributed by atoms with van der Waals surface area (Å²) in [6, 6.07) is 9.87. The number of aryl methyl sites for hydroxylation is 2. The molecule has 0 radical (unpaired) electrons. The van der Waals surface area contributed by atoms with Crippen LogP contribution in [-0.2, 0) is 6.54 Å². The van der Waals surface area contributed by atoms with Gasteiger partial charge >= 0.3 is 0 Å². The van der Waals surface area contributed by atoms with E-state index in [1.165, 1.54) is 5.56 Å². The van der Waals surface area contributed by atoms with E-state index in [-0.39, 0.29) is 0 Å². The predicted octanol–water partition coefficient (Wildman–Crippen LogP) is 3.39. The van der Waals surface area contributed by atoms with Crippen molar-refractivity contribution in [1.82, 2.24) is 15.5 Å². The predicted molar refractivity (Wildman–Crippen MR) is 80.0 cm³/mol. The van der Waals surface area contributed by atoms with E-state index in [4.69, 9.17) is 4.74 Å². The van der Waals surface area contributed by atoms with Gasteiger partial charge in [0.25, 0.3) is 0 Å². The van der Waals surface area contributed by atoms with Gasteiger partial charge in [0.15, 0.2) is 0 Å². The molecule has 20 heavy (non-hydrogen) atoms. The molecular weight excluding hydrogens is 250 g/mol. The molecule has 2 rings (SSSR count). The van der Waals surface area contributed by atoms with E-state index in [1.807, 2.05) is 31.2 Å². The molecule has 1 N–H and O–H groups in total. The quantitative estimate of drug-likeness (QED) is 0.818. The molecule has 0 amide bonds. The fourth-order valence-electron chi connectivity index (χ4n) is 1.92. The second-order valence-corrected chi connectivity index (χ2v) is 4.91. The van der Waals surface area contributed by atoms with Crippen LogP contribution in [0, 0.1) is 13.8 Å². The van der Waals surface area contributed by atoms with Gasteiger partial charge in [-0.2, -0.15) is 5.10 Å². The minimum absolute atomic E-state index is 0.524. The molecule has 1 aromatic carbocycles. The lowest BCUT2D eigenvalue weighted by Crippen LogP contribution is -2.15. The Labute approximate surface area is 120 Å². The Bertz CT molecular complexity index is 552. The Morgan fingerprint density at radius 2 is 1.95 bits per heavy atom. The van der Waals surface area contributed by atoms with E-state index < -0.39 is 0 Å². The Kier molecular flexibility index (Phi) is 5.07. The van der Waals surface area contributed by atoms with Crippen LogP contribution in [0.4, 0.5) is 0 Å². The van der Waals surface area contributed by atoms with Crippen LogP contribution in [0.5, 0.6) is 11.6 Å². The summed E-state index contributed by atoms with van der Waals surface area (Å²) in [6.07, 6.45) is 1.11. The summed E-state index contributed by atoms with van der Waals surface area (Å²) in [5.41, 5.74) is 3.24. The monoisotopic (exact) mass is 271 g/mol. The van der Waals surface area contributed by atoms with Crippen molar-refractivity contribution in [1.29, 1.82) is 0 Å². The fourth-order valence-corrected chi connectivity index (χ4v) is 1.92. The summed E-state index contributed by atoms with van der Waals surface area (Å²) in [6.45, 7) is 7.96. The van der Waals surface area contributed by atoms with Crippen molar-refractivity contribution in [2.45, 2.75) is 33.7 Å².